The molecule has 1 aliphatic carbocycles. The summed E-state index contributed by atoms with van der Waals surface area (Å²) >= 11 is 3.36. The van der Waals surface area contributed by atoms with E-state index in [1.165, 1.54) is 12.8 Å². The van der Waals surface area contributed by atoms with Crippen LogP contribution in [0.4, 0.5) is 5.69 Å². The Hall–Kier alpha value is -0.900. The largest absolute Gasteiger partial charge is 0.324 e. The van der Waals surface area contributed by atoms with Crippen molar-refractivity contribution in [3.8, 4) is 0 Å². The maximum Gasteiger partial charge on any atom is 0.230 e. The minimum atomic E-state index is -0.152. The molecule has 1 N–H and O–H groups in total. The predicted octanol–water partition coefficient (Wildman–Crippen LogP) is 4.06. The highest BCUT2D eigenvalue weighted by Crippen LogP contribution is 2.41. The minimum absolute atomic E-state index is 0.152. The molecule has 0 aliphatic heterocycles. The van der Waals surface area contributed by atoms with Gasteiger partial charge >= 0.3 is 0 Å². The van der Waals surface area contributed by atoms with Crippen LogP contribution >= 0.6 is 15.9 Å². The first kappa shape index (κ1) is 13.5. The van der Waals surface area contributed by atoms with Gasteiger partial charge in [-0.1, -0.05) is 19.8 Å². The van der Waals surface area contributed by atoms with Gasteiger partial charge in [0.1, 0.15) is 4.60 Å². The molecule has 0 spiro atoms. The Labute approximate surface area is 117 Å². The number of hydrogen-bond acceptors (Lipinski definition) is 2. The fourth-order valence-corrected chi connectivity index (χ4v) is 2.90. The van der Waals surface area contributed by atoms with E-state index in [1.54, 1.807) is 6.20 Å². The van der Waals surface area contributed by atoms with Crippen molar-refractivity contribution >= 4 is 27.5 Å². The number of aryl methyl sites for hydroxylation is 1. The summed E-state index contributed by atoms with van der Waals surface area (Å²) < 4.78 is 0.826. The fraction of sp³-hybridized carbons (Fsp3) is 0.571. The lowest BCUT2D eigenvalue weighted by Crippen LogP contribution is -2.33. The lowest BCUT2D eigenvalue weighted by Gasteiger charge is -2.26. The zero-order chi connectivity index (χ0) is 13.2. The van der Waals surface area contributed by atoms with Crippen LogP contribution in [-0.2, 0) is 4.79 Å². The molecule has 1 aliphatic rings. The second-order valence-corrected chi connectivity index (χ2v) is 5.88. The zero-order valence-electron chi connectivity index (χ0n) is 10.9. The molecule has 0 bridgehead atoms. The summed E-state index contributed by atoms with van der Waals surface area (Å²) in [4.78, 5) is 16.6. The van der Waals surface area contributed by atoms with E-state index in [4.69, 9.17) is 0 Å². The molecule has 2 rings (SSSR count). The van der Waals surface area contributed by atoms with Crippen molar-refractivity contribution < 1.29 is 4.79 Å². The number of carbonyl (C=O) groups is 1. The third kappa shape index (κ3) is 2.58. The number of nitrogens with one attached hydrogen (secondary N) is 1. The van der Waals surface area contributed by atoms with Crippen molar-refractivity contribution in [2.24, 2.45) is 5.41 Å². The summed E-state index contributed by atoms with van der Waals surface area (Å²) in [6.45, 7) is 4.08. The van der Waals surface area contributed by atoms with E-state index in [0.717, 1.165) is 35.1 Å². The van der Waals surface area contributed by atoms with Gasteiger partial charge in [0.25, 0.3) is 0 Å². The van der Waals surface area contributed by atoms with E-state index in [0.29, 0.717) is 0 Å². The molecular weight excluding hydrogens is 292 g/mol. The Morgan fingerprint density at radius 3 is 2.72 bits per heavy atom. The van der Waals surface area contributed by atoms with E-state index in [2.05, 4.69) is 33.2 Å². The number of rotatable bonds is 3. The fourth-order valence-electron chi connectivity index (χ4n) is 2.68. The second kappa shape index (κ2) is 5.39. The molecular formula is C14H19BrN2O. The molecule has 3 nitrogen and oxygen atoms in total. The maximum atomic E-state index is 12.4. The van der Waals surface area contributed by atoms with Crippen molar-refractivity contribution in [1.29, 1.82) is 0 Å². The molecule has 1 saturated carbocycles. The lowest BCUT2D eigenvalue weighted by atomic mass is 9.82. The van der Waals surface area contributed by atoms with Crippen molar-refractivity contribution in [3.05, 3.63) is 22.4 Å². The van der Waals surface area contributed by atoms with Gasteiger partial charge in [-0.25, -0.2) is 4.98 Å². The van der Waals surface area contributed by atoms with Crippen LogP contribution in [0.15, 0.2) is 16.9 Å². The average molecular weight is 311 g/mol. The number of hydrogen-bond donors (Lipinski definition) is 1. The first-order valence-electron chi connectivity index (χ1n) is 6.51. The van der Waals surface area contributed by atoms with Crippen molar-refractivity contribution in [2.45, 2.75) is 46.0 Å². The van der Waals surface area contributed by atoms with Gasteiger partial charge < -0.3 is 5.32 Å². The summed E-state index contributed by atoms with van der Waals surface area (Å²) in [6, 6.07) is 1.95. The van der Waals surface area contributed by atoms with Crippen LogP contribution in [0.2, 0.25) is 0 Å². The number of nitrogens with zero attached hydrogens (tertiary/aromatic N) is 1. The van der Waals surface area contributed by atoms with Gasteiger partial charge in [-0.2, -0.15) is 0 Å². The Bertz CT molecular complexity index is 453. The molecule has 0 aromatic carbocycles. The van der Waals surface area contributed by atoms with Crippen LogP contribution in [0.25, 0.3) is 0 Å². The van der Waals surface area contributed by atoms with Gasteiger partial charge in [0.05, 0.1) is 11.9 Å². The molecule has 18 heavy (non-hydrogen) atoms. The third-order valence-corrected chi connectivity index (χ3v) is 4.82. The van der Waals surface area contributed by atoms with Gasteiger partial charge in [0.15, 0.2) is 0 Å². The zero-order valence-corrected chi connectivity index (χ0v) is 12.5. The third-order valence-electron chi connectivity index (χ3n) is 3.99. The molecule has 1 aromatic rings. The highest BCUT2D eigenvalue weighted by atomic mass is 79.9. The van der Waals surface area contributed by atoms with Gasteiger partial charge in [0, 0.05) is 5.41 Å². The van der Waals surface area contributed by atoms with Gasteiger partial charge in [-0.05, 0) is 53.7 Å². The molecule has 0 saturated heterocycles. The van der Waals surface area contributed by atoms with Crippen LogP contribution in [0, 0.1) is 12.3 Å². The lowest BCUT2D eigenvalue weighted by molar-refractivity contribution is -0.125. The van der Waals surface area contributed by atoms with Gasteiger partial charge in [-0.3, -0.25) is 4.79 Å². The van der Waals surface area contributed by atoms with Crippen LogP contribution < -0.4 is 5.32 Å². The van der Waals surface area contributed by atoms with E-state index < -0.39 is 0 Å². The van der Waals surface area contributed by atoms with E-state index in [-0.39, 0.29) is 11.3 Å². The number of aromatic nitrogens is 1. The van der Waals surface area contributed by atoms with Crippen LogP contribution in [0.3, 0.4) is 0 Å². The number of anilines is 1. The Morgan fingerprint density at radius 2 is 2.17 bits per heavy atom. The van der Waals surface area contributed by atoms with Crippen molar-refractivity contribution in [1.82, 2.24) is 4.98 Å². The highest BCUT2D eigenvalue weighted by Gasteiger charge is 2.39. The molecule has 4 heteroatoms. The highest BCUT2D eigenvalue weighted by molar-refractivity contribution is 9.10. The maximum absolute atomic E-state index is 12.4. The number of pyridine rings is 1. The first-order valence-corrected chi connectivity index (χ1v) is 7.30. The van der Waals surface area contributed by atoms with Crippen molar-refractivity contribution in [3.63, 3.8) is 0 Å². The number of halogens is 1. The topological polar surface area (TPSA) is 42.0 Å². The minimum Gasteiger partial charge on any atom is -0.324 e. The van der Waals surface area contributed by atoms with Gasteiger partial charge in [0.2, 0.25) is 5.91 Å². The monoisotopic (exact) mass is 310 g/mol. The normalized spacial score (nSPS) is 17.7. The molecule has 1 amide bonds. The standard InChI is InChI=1S/C14H19BrN2O/c1-3-14(6-4-5-7-14)13(18)17-11-8-10(2)12(15)16-9-11/h8-9H,3-7H2,1-2H3,(H,17,18). The Balaban J connectivity index is 2.13. The molecule has 0 radical (unpaired) electrons. The van der Waals surface area contributed by atoms with Crippen LogP contribution in [0.1, 0.15) is 44.6 Å². The van der Waals surface area contributed by atoms with Crippen LogP contribution in [0.5, 0.6) is 0 Å². The smallest absolute Gasteiger partial charge is 0.230 e. The second-order valence-electron chi connectivity index (χ2n) is 5.13. The number of carbonyl (C=O) groups excluding carboxylic acids is 1. The molecule has 0 atom stereocenters. The molecule has 98 valence electrons. The van der Waals surface area contributed by atoms with E-state index in [1.807, 2.05) is 13.0 Å². The van der Waals surface area contributed by atoms with Gasteiger partial charge in [-0.15, -0.1) is 0 Å². The summed E-state index contributed by atoms with van der Waals surface area (Å²) in [5, 5.41) is 3.02. The summed E-state index contributed by atoms with van der Waals surface area (Å²) in [5.74, 6) is 0.158. The Kier molecular flexibility index (Phi) is 4.05. The van der Waals surface area contributed by atoms with Crippen molar-refractivity contribution in [2.75, 3.05) is 5.32 Å². The van der Waals surface area contributed by atoms with Crippen LogP contribution in [-0.4, -0.2) is 10.9 Å². The molecule has 1 fully saturated rings. The Morgan fingerprint density at radius 1 is 1.50 bits per heavy atom. The first-order chi connectivity index (χ1) is 8.57. The number of amides is 1. The summed E-state index contributed by atoms with van der Waals surface area (Å²) in [6.07, 6.45) is 6.98. The quantitative estimate of drug-likeness (QED) is 0.855. The molecule has 1 aromatic heterocycles. The van der Waals surface area contributed by atoms with E-state index >= 15 is 0 Å². The predicted molar refractivity (Wildman–Crippen MR) is 76.5 cm³/mol. The summed E-state index contributed by atoms with van der Waals surface area (Å²) in [7, 11) is 0. The molecule has 1 heterocycles. The summed E-state index contributed by atoms with van der Waals surface area (Å²) in [5.41, 5.74) is 1.67. The SMILES string of the molecule is CCC1(C(=O)Nc2cnc(Br)c(C)c2)CCCC1. The van der Waals surface area contributed by atoms with E-state index in [9.17, 15) is 4.79 Å². The molecule has 0 unspecified atom stereocenters. The average Bonchev–Trinajstić information content (AvgIpc) is 2.84.